The Bertz CT molecular complexity index is 446. The fourth-order valence-corrected chi connectivity index (χ4v) is 2.25. The Morgan fingerprint density at radius 2 is 2.28 bits per heavy atom. The van der Waals surface area contributed by atoms with Gasteiger partial charge in [0, 0.05) is 24.3 Å². The molecule has 98 valence electrons. The first-order valence-corrected chi connectivity index (χ1v) is 6.00. The fourth-order valence-electron chi connectivity index (χ4n) is 2.25. The highest BCUT2D eigenvalue weighted by atomic mass is 16.5. The first kappa shape index (κ1) is 12.7. The largest absolute Gasteiger partial charge is 0.496 e. The van der Waals surface area contributed by atoms with Gasteiger partial charge in [0.15, 0.2) is 0 Å². The number of methoxy groups -OCH3 is 1. The summed E-state index contributed by atoms with van der Waals surface area (Å²) >= 11 is 0. The molecule has 0 aromatic heterocycles. The first-order valence-electron chi connectivity index (χ1n) is 6.00. The molecule has 2 rings (SSSR count). The fraction of sp³-hybridized carbons (Fsp3) is 0.462. The van der Waals surface area contributed by atoms with E-state index < -0.39 is 6.10 Å². The molecule has 2 N–H and O–H groups in total. The number of piperazine rings is 1. The molecule has 1 fully saturated rings. The van der Waals surface area contributed by atoms with Crippen LogP contribution in [0.4, 0.5) is 5.69 Å². The van der Waals surface area contributed by atoms with Crippen LogP contribution in [0.5, 0.6) is 5.75 Å². The summed E-state index contributed by atoms with van der Waals surface area (Å²) < 4.78 is 5.28. The van der Waals surface area contributed by atoms with Crippen LogP contribution in [-0.2, 0) is 4.79 Å². The second-order valence-corrected chi connectivity index (χ2v) is 4.34. The van der Waals surface area contributed by atoms with Gasteiger partial charge in [0.25, 0.3) is 0 Å². The third kappa shape index (κ3) is 2.41. The predicted molar refractivity (Wildman–Crippen MR) is 68.9 cm³/mol. The van der Waals surface area contributed by atoms with E-state index in [0.29, 0.717) is 18.8 Å². The van der Waals surface area contributed by atoms with Gasteiger partial charge in [0.05, 0.1) is 19.8 Å². The number of benzene rings is 1. The van der Waals surface area contributed by atoms with Crippen molar-refractivity contribution in [2.24, 2.45) is 0 Å². The molecule has 1 aliphatic rings. The normalized spacial score (nSPS) is 17.3. The third-order valence-electron chi connectivity index (χ3n) is 3.06. The molecular formula is C13H18N2O3. The van der Waals surface area contributed by atoms with Crippen LogP contribution in [0.15, 0.2) is 18.2 Å². The van der Waals surface area contributed by atoms with E-state index in [-0.39, 0.29) is 5.91 Å². The molecule has 1 aromatic carbocycles. The highest BCUT2D eigenvalue weighted by molar-refractivity contribution is 5.83. The Kier molecular flexibility index (Phi) is 3.72. The molecule has 1 amide bonds. The van der Waals surface area contributed by atoms with Crippen LogP contribution in [0.3, 0.4) is 0 Å². The predicted octanol–water partition coefficient (Wildman–Crippen LogP) is 0.685. The Balaban J connectivity index is 2.39. The number of carbonyl (C=O) groups is 1. The van der Waals surface area contributed by atoms with Crippen molar-refractivity contribution in [1.29, 1.82) is 0 Å². The highest BCUT2D eigenvalue weighted by Crippen LogP contribution is 2.34. The average Bonchev–Trinajstić information content (AvgIpc) is 2.37. The maximum atomic E-state index is 11.4. The monoisotopic (exact) mass is 250 g/mol. The van der Waals surface area contributed by atoms with Crippen molar-refractivity contribution < 1.29 is 14.6 Å². The summed E-state index contributed by atoms with van der Waals surface area (Å²) in [6.07, 6.45) is -0.638. The summed E-state index contributed by atoms with van der Waals surface area (Å²) in [6, 6.07) is 5.59. The minimum atomic E-state index is -0.638. The number of nitrogens with one attached hydrogen (secondary N) is 1. The lowest BCUT2D eigenvalue weighted by atomic mass is 10.1. The number of hydrogen-bond acceptors (Lipinski definition) is 4. The van der Waals surface area contributed by atoms with E-state index in [1.807, 2.05) is 23.1 Å². The number of carbonyl (C=O) groups excluding carboxylic acids is 1. The van der Waals surface area contributed by atoms with Crippen LogP contribution in [-0.4, -0.2) is 37.8 Å². The maximum Gasteiger partial charge on any atom is 0.239 e. The van der Waals surface area contributed by atoms with Gasteiger partial charge in [-0.05, 0) is 19.1 Å². The van der Waals surface area contributed by atoms with Crippen molar-refractivity contribution in [2.75, 3.05) is 31.6 Å². The second kappa shape index (κ2) is 5.27. The Labute approximate surface area is 106 Å². The van der Waals surface area contributed by atoms with Crippen molar-refractivity contribution in [3.8, 4) is 5.75 Å². The molecule has 0 bridgehead atoms. The molecule has 1 saturated heterocycles. The summed E-state index contributed by atoms with van der Waals surface area (Å²) in [5.41, 5.74) is 1.59. The molecule has 18 heavy (non-hydrogen) atoms. The van der Waals surface area contributed by atoms with Crippen molar-refractivity contribution in [2.45, 2.75) is 13.0 Å². The molecule has 0 spiro atoms. The van der Waals surface area contributed by atoms with E-state index in [0.717, 1.165) is 17.8 Å². The third-order valence-corrected chi connectivity index (χ3v) is 3.06. The van der Waals surface area contributed by atoms with Gasteiger partial charge < -0.3 is 20.1 Å². The van der Waals surface area contributed by atoms with Crippen LogP contribution in [0, 0.1) is 0 Å². The average molecular weight is 250 g/mol. The van der Waals surface area contributed by atoms with Gasteiger partial charge in [-0.2, -0.15) is 0 Å². The number of aliphatic hydroxyl groups is 1. The molecule has 0 radical (unpaired) electrons. The Morgan fingerprint density at radius 1 is 1.50 bits per heavy atom. The molecule has 1 heterocycles. The highest BCUT2D eigenvalue weighted by Gasteiger charge is 2.22. The van der Waals surface area contributed by atoms with Gasteiger partial charge >= 0.3 is 0 Å². The summed E-state index contributed by atoms with van der Waals surface area (Å²) in [4.78, 5) is 13.4. The van der Waals surface area contributed by atoms with Crippen molar-refractivity contribution >= 4 is 11.6 Å². The number of rotatable bonds is 3. The lowest BCUT2D eigenvalue weighted by molar-refractivity contribution is -0.120. The number of amides is 1. The maximum absolute atomic E-state index is 11.4. The van der Waals surface area contributed by atoms with Gasteiger partial charge in [0.1, 0.15) is 5.75 Å². The minimum Gasteiger partial charge on any atom is -0.496 e. The van der Waals surface area contributed by atoms with E-state index in [2.05, 4.69) is 5.32 Å². The SMILES string of the molecule is COc1cccc(N2CCNC(=O)C2)c1C(C)O. The molecule has 5 heteroatoms. The van der Waals surface area contributed by atoms with E-state index in [1.165, 1.54) is 0 Å². The van der Waals surface area contributed by atoms with Crippen LogP contribution in [0.2, 0.25) is 0 Å². The van der Waals surface area contributed by atoms with E-state index in [4.69, 9.17) is 4.74 Å². The number of nitrogens with zero attached hydrogens (tertiary/aromatic N) is 1. The van der Waals surface area contributed by atoms with Crippen molar-refractivity contribution in [1.82, 2.24) is 5.32 Å². The summed E-state index contributed by atoms with van der Waals surface area (Å²) in [6.45, 7) is 3.37. The van der Waals surface area contributed by atoms with Crippen molar-refractivity contribution in [3.63, 3.8) is 0 Å². The van der Waals surface area contributed by atoms with Gasteiger partial charge in [-0.3, -0.25) is 4.79 Å². The zero-order valence-corrected chi connectivity index (χ0v) is 10.6. The van der Waals surface area contributed by atoms with Crippen LogP contribution < -0.4 is 15.0 Å². The molecule has 1 atom stereocenters. The van der Waals surface area contributed by atoms with E-state index in [9.17, 15) is 9.90 Å². The lowest BCUT2D eigenvalue weighted by Crippen LogP contribution is -2.48. The van der Waals surface area contributed by atoms with Gasteiger partial charge in [-0.1, -0.05) is 6.07 Å². The molecule has 0 saturated carbocycles. The smallest absolute Gasteiger partial charge is 0.239 e. The molecule has 5 nitrogen and oxygen atoms in total. The number of hydrogen-bond donors (Lipinski definition) is 2. The lowest BCUT2D eigenvalue weighted by Gasteiger charge is -2.31. The zero-order valence-electron chi connectivity index (χ0n) is 10.6. The number of anilines is 1. The summed E-state index contributed by atoms with van der Waals surface area (Å²) in [5.74, 6) is 0.647. The molecule has 1 unspecified atom stereocenters. The van der Waals surface area contributed by atoms with E-state index >= 15 is 0 Å². The zero-order chi connectivity index (χ0) is 13.1. The number of ether oxygens (including phenoxy) is 1. The Morgan fingerprint density at radius 3 is 2.89 bits per heavy atom. The quantitative estimate of drug-likeness (QED) is 0.828. The van der Waals surface area contributed by atoms with Crippen LogP contribution >= 0.6 is 0 Å². The summed E-state index contributed by atoms with van der Waals surface area (Å²) in [7, 11) is 1.58. The summed E-state index contributed by atoms with van der Waals surface area (Å²) in [5, 5.41) is 12.7. The van der Waals surface area contributed by atoms with Crippen LogP contribution in [0.1, 0.15) is 18.6 Å². The first-order chi connectivity index (χ1) is 8.63. The second-order valence-electron chi connectivity index (χ2n) is 4.34. The molecule has 1 aliphatic heterocycles. The molecule has 0 aliphatic carbocycles. The molecular weight excluding hydrogens is 232 g/mol. The van der Waals surface area contributed by atoms with E-state index in [1.54, 1.807) is 14.0 Å². The van der Waals surface area contributed by atoms with Gasteiger partial charge in [0.2, 0.25) is 5.91 Å². The van der Waals surface area contributed by atoms with Gasteiger partial charge in [-0.25, -0.2) is 0 Å². The molecule has 1 aromatic rings. The topological polar surface area (TPSA) is 61.8 Å². The van der Waals surface area contributed by atoms with Crippen LogP contribution in [0.25, 0.3) is 0 Å². The number of aliphatic hydroxyl groups excluding tert-OH is 1. The standard InChI is InChI=1S/C13H18N2O3/c1-9(16)13-10(4-3-5-11(13)18-2)15-7-6-14-12(17)8-15/h3-5,9,16H,6-8H2,1-2H3,(H,14,17). The van der Waals surface area contributed by atoms with Gasteiger partial charge in [-0.15, -0.1) is 0 Å². The van der Waals surface area contributed by atoms with Crippen molar-refractivity contribution in [3.05, 3.63) is 23.8 Å². The Hall–Kier alpha value is -1.75. The minimum absolute atomic E-state index is 0.000567.